The van der Waals surface area contributed by atoms with Crippen molar-refractivity contribution in [2.75, 3.05) is 13.1 Å². The molecule has 0 aliphatic carbocycles. The van der Waals surface area contributed by atoms with Gasteiger partial charge in [0.1, 0.15) is 11.4 Å². The summed E-state index contributed by atoms with van der Waals surface area (Å²) in [5.41, 5.74) is 2.55. The number of piperidine rings is 1. The minimum atomic E-state index is -3.41. The summed E-state index contributed by atoms with van der Waals surface area (Å²) in [5.74, 6) is 0.683. The molecule has 0 radical (unpaired) electrons. The normalized spacial score (nSPS) is 20.9. The minimum Gasteiger partial charge on any atom is -0.487 e. The number of aryl methyl sites for hydroxylation is 1. The molecule has 6 nitrogen and oxygen atoms in total. The highest BCUT2D eigenvalue weighted by Crippen LogP contribution is 2.42. The molecule has 2 heterocycles. The van der Waals surface area contributed by atoms with Gasteiger partial charge in [0.05, 0.1) is 11.8 Å². The van der Waals surface area contributed by atoms with Crippen molar-refractivity contribution in [3.8, 4) is 5.75 Å². The Labute approximate surface area is 203 Å². The molecule has 0 aromatic heterocycles. The van der Waals surface area contributed by atoms with Crippen LogP contribution in [0, 0.1) is 12.8 Å². The zero-order valence-corrected chi connectivity index (χ0v) is 21.2. The molecule has 1 fully saturated rings. The highest BCUT2D eigenvalue weighted by atomic mass is 32.2. The molecule has 2 aliphatic heterocycles. The second kappa shape index (κ2) is 10.1. The standard InChI is InChI=1S/C27H36N2O4S/c1-4-27(5-2)18-24(23-12-8-9-13-25(23)33-27)28-26(30)21-14-16-29(17-15-21)34(31,32)19-22-11-7-6-10-20(22)3/h6-13,21,24H,4-5,14-19H2,1-3H3,(H,28,30). The lowest BCUT2D eigenvalue weighted by Crippen LogP contribution is -2.47. The molecule has 0 saturated carbocycles. The maximum atomic E-state index is 13.2. The number of nitrogens with zero attached hydrogens (tertiary/aromatic N) is 1. The molecule has 1 saturated heterocycles. The topological polar surface area (TPSA) is 75.7 Å². The molecular weight excluding hydrogens is 448 g/mol. The van der Waals surface area contributed by atoms with Crippen molar-refractivity contribution in [1.29, 1.82) is 0 Å². The summed E-state index contributed by atoms with van der Waals surface area (Å²) in [6, 6.07) is 15.4. The Balaban J connectivity index is 1.40. The zero-order valence-electron chi connectivity index (χ0n) is 20.4. The lowest BCUT2D eigenvalue weighted by Gasteiger charge is -2.42. The number of hydrogen-bond acceptors (Lipinski definition) is 4. The van der Waals surface area contributed by atoms with Crippen molar-refractivity contribution in [2.45, 2.75) is 70.3 Å². The van der Waals surface area contributed by atoms with Crippen molar-refractivity contribution in [3.63, 3.8) is 0 Å². The third kappa shape index (κ3) is 5.15. The fraction of sp³-hybridized carbons (Fsp3) is 0.519. The summed E-state index contributed by atoms with van der Waals surface area (Å²) in [5, 5.41) is 3.28. The van der Waals surface area contributed by atoms with Crippen LogP contribution in [0.5, 0.6) is 5.75 Å². The van der Waals surface area contributed by atoms with Gasteiger partial charge in [0.15, 0.2) is 0 Å². The molecule has 1 unspecified atom stereocenters. The van der Waals surface area contributed by atoms with Gasteiger partial charge in [0.2, 0.25) is 15.9 Å². The summed E-state index contributed by atoms with van der Waals surface area (Å²) >= 11 is 0. The Morgan fingerprint density at radius 3 is 2.38 bits per heavy atom. The Morgan fingerprint density at radius 2 is 1.71 bits per heavy atom. The second-order valence-electron chi connectivity index (χ2n) is 9.65. The number of benzene rings is 2. The lowest BCUT2D eigenvalue weighted by molar-refractivity contribution is -0.127. The molecule has 2 aromatic carbocycles. The first kappa shape index (κ1) is 24.7. The molecule has 34 heavy (non-hydrogen) atoms. The van der Waals surface area contributed by atoms with E-state index in [2.05, 4.69) is 19.2 Å². The summed E-state index contributed by atoms with van der Waals surface area (Å²) in [4.78, 5) is 13.2. The number of sulfonamides is 1. The van der Waals surface area contributed by atoms with E-state index < -0.39 is 10.0 Å². The third-order valence-corrected chi connectivity index (χ3v) is 9.45. The Kier molecular flexibility index (Phi) is 7.33. The Morgan fingerprint density at radius 1 is 1.06 bits per heavy atom. The summed E-state index contributed by atoms with van der Waals surface area (Å²) in [7, 11) is -3.41. The van der Waals surface area contributed by atoms with Crippen molar-refractivity contribution in [2.24, 2.45) is 5.92 Å². The van der Waals surface area contributed by atoms with Gasteiger partial charge >= 0.3 is 0 Å². The van der Waals surface area contributed by atoms with Crippen LogP contribution in [0.2, 0.25) is 0 Å². The van der Waals surface area contributed by atoms with E-state index in [4.69, 9.17) is 4.74 Å². The van der Waals surface area contributed by atoms with Gasteiger partial charge in [0.25, 0.3) is 0 Å². The van der Waals surface area contributed by atoms with E-state index in [1.54, 1.807) is 4.31 Å². The average molecular weight is 485 g/mol. The lowest BCUT2D eigenvalue weighted by atomic mass is 9.83. The quantitative estimate of drug-likeness (QED) is 0.616. The van der Waals surface area contributed by atoms with Crippen molar-refractivity contribution >= 4 is 15.9 Å². The second-order valence-corrected chi connectivity index (χ2v) is 11.6. The van der Waals surface area contributed by atoms with Crippen LogP contribution >= 0.6 is 0 Å². The van der Waals surface area contributed by atoms with Crippen LogP contribution in [0.1, 0.15) is 68.7 Å². The van der Waals surface area contributed by atoms with E-state index in [0.29, 0.717) is 25.9 Å². The van der Waals surface area contributed by atoms with Crippen molar-refractivity contribution < 1.29 is 17.9 Å². The average Bonchev–Trinajstić information content (AvgIpc) is 2.85. The van der Waals surface area contributed by atoms with Gasteiger partial charge in [-0.1, -0.05) is 56.3 Å². The number of carbonyl (C=O) groups is 1. The monoisotopic (exact) mass is 484 g/mol. The van der Waals surface area contributed by atoms with E-state index in [0.717, 1.165) is 41.7 Å². The summed E-state index contributed by atoms with van der Waals surface area (Å²) in [6.45, 7) is 6.95. The van der Waals surface area contributed by atoms with Crippen LogP contribution in [0.15, 0.2) is 48.5 Å². The number of rotatable bonds is 7. The number of nitrogens with one attached hydrogen (secondary N) is 1. The predicted molar refractivity (Wildman–Crippen MR) is 134 cm³/mol. The molecule has 4 rings (SSSR count). The SMILES string of the molecule is CCC1(CC)CC(NC(=O)C2CCN(S(=O)(=O)Cc3ccccc3C)CC2)c2ccccc2O1. The number of fused-ring (bicyclic) bond motifs is 1. The van der Waals surface area contributed by atoms with Crippen LogP contribution in [0.3, 0.4) is 0 Å². The largest absolute Gasteiger partial charge is 0.487 e. The maximum Gasteiger partial charge on any atom is 0.223 e. The maximum absolute atomic E-state index is 13.2. The number of carbonyl (C=O) groups excluding carboxylic acids is 1. The first-order valence-electron chi connectivity index (χ1n) is 12.4. The van der Waals surface area contributed by atoms with Crippen molar-refractivity contribution in [3.05, 3.63) is 65.2 Å². The first-order valence-corrected chi connectivity index (χ1v) is 14.0. The van der Waals surface area contributed by atoms with Gasteiger partial charge in [-0.05, 0) is 49.8 Å². The smallest absolute Gasteiger partial charge is 0.223 e. The molecule has 1 N–H and O–H groups in total. The van der Waals surface area contributed by atoms with E-state index >= 15 is 0 Å². The Hall–Kier alpha value is -2.38. The van der Waals surface area contributed by atoms with E-state index in [1.807, 2.05) is 55.5 Å². The molecule has 1 atom stereocenters. The molecule has 2 aromatic rings. The van der Waals surface area contributed by atoms with Gasteiger partial charge in [0, 0.05) is 31.0 Å². The zero-order chi connectivity index (χ0) is 24.3. The highest BCUT2D eigenvalue weighted by Gasteiger charge is 2.40. The van der Waals surface area contributed by atoms with E-state index in [9.17, 15) is 13.2 Å². The third-order valence-electron chi connectivity index (χ3n) is 7.62. The number of para-hydroxylation sites is 1. The first-order chi connectivity index (χ1) is 16.3. The van der Waals surface area contributed by atoms with Gasteiger partial charge in [-0.25, -0.2) is 12.7 Å². The fourth-order valence-electron chi connectivity index (χ4n) is 5.18. The van der Waals surface area contributed by atoms with Crippen LogP contribution < -0.4 is 10.1 Å². The molecular formula is C27H36N2O4S. The van der Waals surface area contributed by atoms with Gasteiger partial charge in [-0.3, -0.25) is 4.79 Å². The minimum absolute atomic E-state index is 0.00547. The molecule has 0 spiro atoms. The van der Waals surface area contributed by atoms with Crippen LogP contribution in [0.4, 0.5) is 0 Å². The molecule has 2 aliphatic rings. The Bertz CT molecular complexity index is 1120. The highest BCUT2D eigenvalue weighted by molar-refractivity contribution is 7.88. The number of ether oxygens (including phenoxy) is 1. The van der Waals surface area contributed by atoms with Crippen molar-refractivity contribution in [1.82, 2.24) is 9.62 Å². The fourth-order valence-corrected chi connectivity index (χ4v) is 6.84. The van der Waals surface area contributed by atoms with Crippen LogP contribution in [-0.4, -0.2) is 37.3 Å². The van der Waals surface area contributed by atoms with E-state index in [-0.39, 0.29) is 29.2 Å². The molecule has 1 amide bonds. The number of amides is 1. The summed E-state index contributed by atoms with van der Waals surface area (Å²) < 4.78 is 33.9. The summed E-state index contributed by atoms with van der Waals surface area (Å²) in [6.07, 6.45) is 3.57. The van der Waals surface area contributed by atoms with Gasteiger partial charge < -0.3 is 10.1 Å². The number of hydrogen-bond donors (Lipinski definition) is 1. The molecule has 7 heteroatoms. The van der Waals surface area contributed by atoms with E-state index in [1.165, 1.54) is 0 Å². The van der Waals surface area contributed by atoms with Gasteiger partial charge in [-0.2, -0.15) is 0 Å². The molecule has 184 valence electrons. The van der Waals surface area contributed by atoms with Crippen LogP contribution in [0.25, 0.3) is 0 Å². The predicted octanol–water partition coefficient (Wildman–Crippen LogP) is 4.74. The van der Waals surface area contributed by atoms with Crippen LogP contribution in [-0.2, 0) is 20.6 Å². The molecule has 0 bridgehead atoms. The van der Waals surface area contributed by atoms with Gasteiger partial charge in [-0.15, -0.1) is 0 Å².